The zero-order valence-electron chi connectivity index (χ0n) is 29.1. The Hall–Kier alpha value is -0.156. The molecule has 1 N–H and O–H groups in total. The maximum atomic E-state index is 13.3. The van der Waals surface area contributed by atoms with E-state index in [-0.39, 0.29) is 32.9 Å². The number of nitrogens with one attached hydrogen (secondary N) is 1. The van der Waals surface area contributed by atoms with E-state index >= 15 is 0 Å². The van der Waals surface area contributed by atoms with Crippen LogP contribution in [0.3, 0.4) is 0 Å². The third kappa shape index (κ3) is 7.62. The highest BCUT2D eigenvalue weighted by atomic mass is 28.4. The summed E-state index contributed by atoms with van der Waals surface area (Å²) in [6, 6.07) is 0. The smallest absolute Gasteiger partial charge is 0.401 e. The second-order valence-electron chi connectivity index (χ2n) is 17.8. The summed E-state index contributed by atoms with van der Waals surface area (Å²) < 4.78 is 53.8. The molecular formula is C34H64F3NO2Si2. The van der Waals surface area contributed by atoms with Crippen molar-refractivity contribution in [2.75, 3.05) is 19.7 Å². The van der Waals surface area contributed by atoms with E-state index in [9.17, 15) is 13.2 Å². The molecule has 246 valence electrons. The molecule has 0 amide bonds. The predicted molar refractivity (Wildman–Crippen MR) is 176 cm³/mol. The van der Waals surface area contributed by atoms with Gasteiger partial charge < -0.3 is 14.2 Å². The monoisotopic (exact) mass is 631 g/mol. The van der Waals surface area contributed by atoms with Crippen LogP contribution in [-0.4, -0.2) is 48.6 Å². The zero-order chi connectivity index (χ0) is 32.2. The lowest BCUT2D eigenvalue weighted by Crippen LogP contribution is -2.55. The largest absolute Gasteiger partial charge is 0.417 e. The van der Waals surface area contributed by atoms with Crippen LogP contribution < -0.4 is 5.32 Å². The number of allylic oxidation sites excluding steroid dienone is 1. The summed E-state index contributed by atoms with van der Waals surface area (Å²) >= 11 is 0. The molecule has 42 heavy (non-hydrogen) atoms. The first-order valence-corrected chi connectivity index (χ1v) is 22.4. The molecule has 7 atom stereocenters. The Bertz CT molecular complexity index is 954. The van der Waals surface area contributed by atoms with Crippen LogP contribution in [-0.2, 0) is 8.85 Å². The highest BCUT2D eigenvalue weighted by Crippen LogP contribution is 2.63. The molecule has 0 aromatic carbocycles. The Labute approximate surface area is 258 Å². The van der Waals surface area contributed by atoms with Gasteiger partial charge in [0.1, 0.15) is 0 Å². The normalized spacial score (nSPS) is 35.4. The van der Waals surface area contributed by atoms with Crippen molar-refractivity contribution in [2.24, 2.45) is 34.5 Å². The minimum absolute atomic E-state index is 0.00844. The van der Waals surface area contributed by atoms with Gasteiger partial charge in [0.2, 0.25) is 0 Å². The van der Waals surface area contributed by atoms with Crippen molar-refractivity contribution < 1.29 is 22.0 Å². The number of alkyl halides is 3. The third-order valence-corrected chi connectivity index (χ3v) is 22.2. The van der Waals surface area contributed by atoms with Gasteiger partial charge in [-0.05, 0) is 122 Å². The van der Waals surface area contributed by atoms with Crippen LogP contribution in [0.5, 0.6) is 0 Å². The minimum Gasteiger partial charge on any atom is -0.417 e. The number of rotatable bonds is 9. The summed E-state index contributed by atoms with van der Waals surface area (Å²) in [6.07, 6.45) is 3.24. The van der Waals surface area contributed by atoms with Gasteiger partial charge in [-0.2, -0.15) is 13.2 Å². The molecule has 0 saturated heterocycles. The van der Waals surface area contributed by atoms with Gasteiger partial charge in [0.25, 0.3) is 0 Å². The molecule has 3 rings (SSSR count). The third-order valence-electron chi connectivity index (χ3n) is 13.1. The number of halogens is 3. The van der Waals surface area contributed by atoms with E-state index in [1.165, 1.54) is 5.57 Å². The van der Waals surface area contributed by atoms with Crippen LogP contribution >= 0.6 is 0 Å². The van der Waals surface area contributed by atoms with Crippen LogP contribution in [0.1, 0.15) is 100 Å². The van der Waals surface area contributed by atoms with E-state index in [1.54, 1.807) is 0 Å². The average Bonchev–Trinajstić information content (AvgIpc) is 3.11. The van der Waals surface area contributed by atoms with Gasteiger partial charge in [-0.3, -0.25) is 0 Å². The summed E-state index contributed by atoms with van der Waals surface area (Å²) in [7, 11) is -3.92. The molecule has 3 aliphatic carbocycles. The van der Waals surface area contributed by atoms with Crippen molar-refractivity contribution >= 4 is 16.6 Å². The quantitative estimate of drug-likeness (QED) is 0.203. The number of hydrogen-bond acceptors (Lipinski definition) is 3. The Morgan fingerprint density at radius 1 is 0.881 bits per heavy atom. The fourth-order valence-electron chi connectivity index (χ4n) is 8.03. The molecule has 0 aliphatic heterocycles. The summed E-state index contributed by atoms with van der Waals surface area (Å²) in [6.45, 7) is 32.6. The zero-order valence-corrected chi connectivity index (χ0v) is 31.1. The van der Waals surface area contributed by atoms with E-state index in [0.29, 0.717) is 24.3 Å². The van der Waals surface area contributed by atoms with Gasteiger partial charge in [0.15, 0.2) is 16.6 Å². The van der Waals surface area contributed by atoms with E-state index in [0.717, 1.165) is 51.6 Å². The second-order valence-corrected chi connectivity index (χ2v) is 27.3. The first-order chi connectivity index (χ1) is 18.8. The van der Waals surface area contributed by atoms with Crippen molar-refractivity contribution in [3.8, 4) is 0 Å². The van der Waals surface area contributed by atoms with E-state index < -0.39 is 29.4 Å². The molecular weight excluding hydrogens is 568 g/mol. The summed E-state index contributed by atoms with van der Waals surface area (Å²) in [5.74, 6) is 1.25. The number of fused-ring (bicyclic) bond motifs is 1. The molecule has 0 heterocycles. The van der Waals surface area contributed by atoms with Crippen molar-refractivity contribution in [1.82, 2.24) is 5.32 Å². The maximum absolute atomic E-state index is 13.3. The Kier molecular flexibility index (Phi) is 10.6. The van der Waals surface area contributed by atoms with Crippen LogP contribution in [0.15, 0.2) is 12.2 Å². The van der Waals surface area contributed by atoms with Gasteiger partial charge in [-0.1, -0.05) is 67.5 Å². The summed E-state index contributed by atoms with van der Waals surface area (Å²) in [5, 5.41) is 3.14. The van der Waals surface area contributed by atoms with Gasteiger partial charge >= 0.3 is 6.18 Å². The molecule has 0 spiro atoms. The van der Waals surface area contributed by atoms with Crippen molar-refractivity contribution in [3.63, 3.8) is 0 Å². The standard InChI is InChI=1S/C34H64F3NO2Si2/c1-24-14-15-28-27(21-38-23-34(35,36)37)29(17-19-32(24,28)8)33(9)18-16-26(40-42(12,13)31(5,6)7)20-25(33)22-39-41(10,11)30(2,3)4/h25-29,38H,1,14-23H2,2-13H3/t25-,26?,27+,28+,29+,32-,33+/m1/s1. The summed E-state index contributed by atoms with van der Waals surface area (Å²) in [4.78, 5) is 0. The molecule has 1 unspecified atom stereocenters. The fourth-order valence-corrected chi connectivity index (χ4v) is 10.5. The second kappa shape index (κ2) is 12.2. The molecule has 0 aromatic heterocycles. The van der Waals surface area contributed by atoms with Crippen molar-refractivity contribution in [1.29, 1.82) is 0 Å². The lowest BCUT2D eigenvalue weighted by Gasteiger charge is -2.58. The van der Waals surface area contributed by atoms with E-state index in [4.69, 9.17) is 8.85 Å². The SMILES string of the molecule is C=C1CC[C@H]2[C@H](CNCC(F)(F)F)[C@@H]([C@@]3(C)CCC(O[Si](C)(C)C(C)(C)C)C[C@@H]3CO[Si](C)(C)C(C)(C)C)CC[C@]12C. The average molecular weight is 632 g/mol. The van der Waals surface area contributed by atoms with Crippen LogP contribution in [0.2, 0.25) is 36.3 Å². The van der Waals surface area contributed by atoms with Gasteiger partial charge in [-0.15, -0.1) is 0 Å². The molecule has 0 bridgehead atoms. The van der Waals surface area contributed by atoms with E-state index in [2.05, 4.69) is 93.5 Å². The summed E-state index contributed by atoms with van der Waals surface area (Å²) in [5.41, 5.74) is 1.33. The molecule has 3 saturated carbocycles. The molecule has 3 fully saturated rings. The first kappa shape index (κ1) is 36.3. The Balaban J connectivity index is 1.95. The Morgan fingerprint density at radius 3 is 2.02 bits per heavy atom. The lowest BCUT2D eigenvalue weighted by atomic mass is 9.49. The highest BCUT2D eigenvalue weighted by molar-refractivity contribution is 6.74. The first-order valence-electron chi connectivity index (χ1n) is 16.6. The topological polar surface area (TPSA) is 30.5 Å². The van der Waals surface area contributed by atoms with Gasteiger partial charge in [-0.25, -0.2) is 0 Å². The van der Waals surface area contributed by atoms with E-state index in [1.807, 2.05) is 0 Å². The van der Waals surface area contributed by atoms with Gasteiger partial charge in [0, 0.05) is 12.7 Å². The van der Waals surface area contributed by atoms with Crippen LogP contribution in [0, 0.1) is 34.5 Å². The Morgan fingerprint density at radius 2 is 1.48 bits per heavy atom. The van der Waals surface area contributed by atoms with Crippen LogP contribution in [0.25, 0.3) is 0 Å². The highest BCUT2D eigenvalue weighted by Gasteiger charge is 2.57. The van der Waals surface area contributed by atoms with Gasteiger partial charge in [0.05, 0.1) is 6.54 Å². The minimum atomic E-state index is -4.20. The molecule has 3 nitrogen and oxygen atoms in total. The van der Waals surface area contributed by atoms with Crippen molar-refractivity contribution in [2.45, 2.75) is 149 Å². The van der Waals surface area contributed by atoms with Crippen molar-refractivity contribution in [3.05, 3.63) is 12.2 Å². The lowest BCUT2D eigenvalue weighted by molar-refractivity contribution is -0.128. The predicted octanol–water partition coefficient (Wildman–Crippen LogP) is 10.4. The molecule has 3 aliphatic rings. The fraction of sp³-hybridized carbons (Fsp3) is 0.941. The van der Waals surface area contributed by atoms with Crippen LogP contribution in [0.4, 0.5) is 13.2 Å². The number of hydrogen-bond donors (Lipinski definition) is 1. The maximum Gasteiger partial charge on any atom is 0.401 e. The molecule has 8 heteroatoms. The molecule has 0 aromatic rings. The molecule has 0 radical (unpaired) electrons.